The second kappa shape index (κ2) is 7.56. The van der Waals surface area contributed by atoms with Crippen LogP contribution in [0.1, 0.15) is 37.8 Å². The van der Waals surface area contributed by atoms with Crippen LogP contribution in [0.2, 0.25) is 0 Å². The third-order valence-corrected chi connectivity index (χ3v) is 5.56. The summed E-state index contributed by atoms with van der Waals surface area (Å²) >= 11 is 0. The number of carbonyl (C=O) groups excluding carboxylic acids is 2. The van der Waals surface area contributed by atoms with E-state index in [1.54, 1.807) is 4.90 Å². The Labute approximate surface area is 149 Å². The van der Waals surface area contributed by atoms with Crippen molar-refractivity contribution in [1.29, 1.82) is 0 Å². The monoisotopic (exact) mass is 344 g/mol. The van der Waals surface area contributed by atoms with Crippen molar-refractivity contribution in [2.24, 2.45) is 5.92 Å². The molecular weight excluding hydrogens is 316 g/mol. The molecule has 1 fully saturated rings. The number of carbonyl (C=O) groups is 2. The van der Waals surface area contributed by atoms with E-state index in [4.69, 9.17) is 4.74 Å². The summed E-state index contributed by atoms with van der Waals surface area (Å²) in [6.45, 7) is 6.25. The topological polar surface area (TPSA) is 49.9 Å². The molecule has 0 radical (unpaired) electrons. The van der Waals surface area contributed by atoms with Gasteiger partial charge in [-0.05, 0) is 36.4 Å². The summed E-state index contributed by atoms with van der Waals surface area (Å²) < 4.78 is 4.97. The van der Waals surface area contributed by atoms with Gasteiger partial charge in [0, 0.05) is 19.0 Å². The van der Waals surface area contributed by atoms with Crippen LogP contribution in [0.5, 0.6) is 0 Å². The summed E-state index contributed by atoms with van der Waals surface area (Å²) in [6, 6.07) is 7.96. The lowest BCUT2D eigenvalue weighted by Crippen LogP contribution is -2.52. The van der Waals surface area contributed by atoms with Gasteiger partial charge in [-0.15, -0.1) is 0 Å². The number of rotatable bonds is 4. The Morgan fingerprint density at radius 2 is 1.96 bits per heavy atom. The van der Waals surface area contributed by atoms with Crippen LogP contribution < -0.4 is 0 Å². The summed E-state index contributed by atoms with van der Waals surface area (Å²) in [7, 11) is 1.39. The van der Waals surface area contributed by atoms with E-state index in [-0.39, 0.29) is 11.9 Å². The molecule has 5 nitrogen and oxygen atoms in total. The van der Waals surface area contributed by atoms with E-state index in [1.165, 1.54) is 7.11 Å². The molecule has 0 unspecified atom stereocenters. The zero-order valence-corrected chi connectivity index (χ0v) is 15.4. The molecule has 1 aromatic carbocycles. The quantitative estimate of drug-likeness (QED) is 0.786. The zero-order chi connectivity index (χ0) is 18.0. The predicted molar refractivity (Wildman–Crippen MR) is 95.9 cm³/mol. The van der Waals surface area contributed by atoms with Crippen molar-refractivity contribution in [3.63, 3.8) is 0 Å². The lowest BCUT2D eigenvalue weighted by molar-refractivity contribution is -0.154. The number of likely N-dealkylation sites (tertiary alicyclic amines) is 1. The van der Waals surface area contributed by atoms with Gasteiger partial charge in [0.25, 0.3) is 0 Å². The van der Waals surface area contributed by atoms with Gasteiger partial charge in [0.1, 0.15) is 6.04 Å². The molecule has 0 aromatic heterocycles. The van der Waals surface area contributed by atoms with E-state index in [0.29, 0.717) is 31.5 Å². The third kappa shape index (κ3) is 3.71. The van der Waals surface area contributed by atoms with Crippen molar-refractivity contribution in [3.8, 4) is 0 Å². The largest absolute Gasteiger partial charge is 0.467 e. The maximum absolute atomic E-state index is 13.0. The summed E-state index contributed by atoms with van der Waals surface area (Å²) in [5.74, 6) is 0.232. The van der Waals surface area contributed by atoms with E-state index in [9.17, 15) is 9.59 Å². The smallest absolute Gasteiger partial charge is 0.328 e. The number of hydrogen-bond acceptors (Lipinski definition) is 4. The molecule has 3 rings (SSSR count). The van der Waals surface area contributed by atoms with Crippen LogP contribution in [0.15, 0.2) is 24.3 Å². The average molecular weight is 344 g/mol. The van der Waals surface area contributed by atoms with Crippen molar-refractivity contribution in [2.45, 2.75) is 51.7 Å². The fraction of sp³-hybridized carbons (Fsp3) is 0.600. The molecule has 0 N–H and O–H groups in total. The van der Waals surface area contributed by atoms with E-state index in [1.807, 2.05) is 24.3 Å². The Morgan fingerprint density at radius 3 is 2.64 bits per heavy atom. The van der Waals surface area contributed by atoms with Crippen LogP contribution >= 0.6 is 0 Å². The predicted octanol–water partition coefficient (Wildman–Crippen LogP) is 2.23. The number of esters is 1. The van der Waals surface area contributed by atoms with Crippen LogP contribution in [0.25, 0.3) is 0 Å². The highest BCUT2D eigenvalue weighted by atomic mass is 16.5. The molecule has 0 bridgehead atoms. The highest BCUT2D eigenvalue weighted by molar-refractivity contribution is 5.86. The second-order valence-corrected chi connectivity index (χ2v) is 7.46. The Hall–Kier alpha value is -1.88. The van der Waals surface area contributed by atoms with Gasteiger partial charge in [0.2, 0.25) is 5.91 Å². The van der Waals surface area contributed by atoms with Crippen LogP contribution in [-0.2, 0) is 27.3 Å². The molecule has 1 aromatic rings. The highest BCUT2D eigenvalue weighted by Crippen LogP contribution is 2.27. The van der Waals surface area contributed by atoms with Crippen LogP contribution in [0, 0.1) is 5.92 Å². The van der Waals surface area contributed by atoms with Crippen molar-refractivity contribution in [3.05, 3.63) is 35.4 Å². The molecule has 0 aliphatic carbocycles. The van der Waals surface area contributed by atoms with Gasteiger partial charge < -0.3 is 9.64 Å². The first-order valence-electron chi connectivity index (χ1n) is 9.19. The molecular formula is C20H28N2O3. The number of hydrogen-bond donors (Lipinski definition) is 0. The Morgan fingerprint density at radius 1 is 1.24 bits per heavy atom. The molecule has 2 aliphatic rings. The fourth-order valence-electron chi connectivity index (χ4n) is 4.20. The number of fused-ring (bicyclic) bond motifs is 1. The minimum atomic E-state index is -0.521. The van der Waals surface area contributed by atoms with Gasteiger partial charge in [-0.2, -0.15) is 0 Å². The number of nitrogens with zero attached hydrogens (tertiary/aromatic N) is 2. The number of ether oxygens (including phenoxy) is 1. The van der Waals surface area contributed by atoms with Gasteiger partial charge in [0.15, 0.2) is 0 Å². The lowest BCUT2D eigenvalue weighted by atomic mass is 9.93. The second-order valence-electron chi connectivity index (χ2n) is 7.46. The first-order chi connectivity index (χ1) is 12.0. The van der Waals surface area contributed by atoms with E-state index in [2.05, 4.69) is 18.7 Å². The first kappa shape index (κ1) is 17.9. The molecule has 136 valence electrons. The summed E-state index contributed by atoms with van der Waals surface area (Å²) in [4.78, 5) is 29.3. The standard InChI is InChI=1S/C20H28N2O3/c1-14(2)17-9-6-10-21(17)13-19(23)22-12-16-8-5-4-7-15(16)11-18(22)20(24)25-3/h4-5,7-8,14,17-18H,6,9-13H2,1-3H3/t17-,18-/m1/s1. The SMILES string of the molecule is COC(=O)[C@H]1Cc2ccccc2CN1C(=O)CN1CCC[C@@H]1C(C)C. The lowest BCUT2D eigenvalue weighted by Gasteiger charge is -2.37. The molecule has 2 heterocycles. The van der Waals surface area contributed by atoms with Gasteiger partial charge >= 0.3 is 5.97 Å². The Bertz CT molecular complexity index is 644. The maximum atomic E-state index is 13.0. The van der Waals surface area contributed by atoms with Gasteiger partial charge in [-0.25, -0.2) is 4.79 Å². The number of methoxy groups -OCH3 is 1. The fourth-order valence-corrected chi connectivity index (χ4v) is 4.20. The van der Waals surface area contributed by atoms with Crippen molar-refractivity contribution in [1.82, 2.24) is 9.80 Å². The minimum absolute atomic E-state index is 0.0254. The van der Waals surface area contributed by atoms with E-state index < -0.39 is 6.04 Å². The van der Waals surface area contributed by atoms with Gasteiger partial charge in [0.05, 0.1) is 13.7 Å². The Kier molecular flexibility index (Phi) is 5.42. The zero-order valence-electron chi connectivity index (χ0n) is 15.4. The van der Waals surface area contributed by atoms with Gasteiger partial charge in [-0.3, -0.25) is 9.69 Å². The first-order valence-corrected chi connectivity index (χ1v) is 9.19. The molecule has 0 saturated carbocycles. The normalized spacial score (nSPS) is 23.6. The van der Waals surface area contributed by atoms with Gasteiger partial charge in [-0.1, -0.05) is 38.1 Å². The minimum Gasteiger partial charge on any atom is -0.467 e. The van der Waals surface area contributed by atoms with Crippen LogP contribution in [-0.4, -0.2) is 54.0 Å². The third-order valence-electron chi connectivity index (χ3n) is 5.56. The summed E-state index contributed by atoms with van der Waals surface area (Å²) in [5.41, 5.74) is 2.25. The summed E-state index contributed by atoms with van der Waals surface area (Å²) in [6.07, 6.45) is 2.82. The maximum Gasteiger partial charge on any atom is 0.328 e. The molecule has 1 saturated heterocycles. The molecule has 2 atom stereocenters. The molecule has 0 spiro atoms. The molecule has 25 heavy (non-hydrogen) atoms. The van der Waals surface area contributed by atoms with Crippen molar-refractivity contribution >= 4 is 11.9 Å². The number of amides is 1. The van der Waals surface area contributed by atoms with Crippen LogP contribution in [0.4, 0.5) is 0 Å². The average Bonchev–Trinajstić information content (AvgIpc) is 3.08. The van der Waals surface area contributed by atoms with Crippen molar-refractivity contribution in [2.75, 3.05) is 20.2 Å². The highest BCUT2D eigenvalue weighted by Gasteiger charge is 2.37. The van der Waals surface area contributed by atoms with E-state index in [0.717, 1.165) is 30.5 Å². The number of benzene rings is 1. The van der Waals surface area contributed by atoms with Crippen molar-refractivity contribution < 1.29 is 14.3 Å². The molecule has 5 heteroatoms. The summed E-state index contributed by atoms with van der Waals surface area (Å²) in [5, 5.41) is 0. The Balaban J connectivity index is 1.78. The molecule has 2 aliphatic heterocycles. The molecule has 1 amide bonds. The van der Waals surface area contributed by atoms with Crippen LogP contribution in [0.3, 0.4) is 0 Å². The van der Waals surface area contributed by atoms with E-state index >= 15 is 0 Å².